The lowest BCUT2D eigenvalue weighted by Crippen LogP contribution is -2.22. The van der Waals surface area contributed by atoms with Gasteiger partial charge in [-0.05, 0) is 42.7 Å². The number of halogens is 1. The van der Waals surface area contributed by atoms with Crippen LogP contribution in [-0.2, 0) is 5.60 Å². The van der Waals surface area contributed by atoms with Gasteiger partial charge >= 0.3 is 0 Å². The zero-order chi connectivity index (χ0) is 12.5. The van der Waals surface area contributed by atoms with Crippen LogP contribution in [-0.4, -0.2) is 5.11 Å². The maximum Gasteiger partial charge on any atom is 0.112 e. The van der Waals surface area contributed by atoms with E-state index < -0.39 is 5.60 Å². The van der Waals surface area contributed by atoms with E-state index in [2.05, 4.69) is 15.9 Å². The highest BCUT2D eigenvalue weighted by Gasteiger charge is 2.25. The van der Waals surface area contributed by atoms with E-state index in [0.29, 0.717) is 0 Å². The van der Waals surface area contributed by atoms with Crippen molar-refractivity contribution in [1.29, 1.82) is 0 Å². The molecule has 2 aromatic rings. The Kier molecular flexibility index (Phi) is 3.36. The van der Waals surface area contributed by atoms with Gasteiger partial charge in [-0.2, -0.15) is 0 Å². The van der Waals surface area contributed by atoms with Gasteiger partial charge in [-0.25, -0.2) is 0 Å². The Labute approximate surface area is 110 Å². The van der Waals surface area contributed by atoms with Crippen LogP contribution in [0.2, 0.25) is 0 Å². The molecule has 0 radical (unpaired) electrons. The van der Waals surface area contributed by atoms with Gasteiger partial charge in [-0.1, -0.05) is 52.3 Å². The van der Waals surface area contributed by atoms with Crippen LogP contribution in [0.25, 0.3) is 0 Å². The van der Waals surface area contributed by atoms with Gasteiger partial charge in [0.15, 0.2) is 0 Å². The molecule has 0 heterocycles. The first kappa shape index (κ1) is 12.3. The Morgan fingerprint density at radius 2 is 1.65 bits per heavy atom. The number of rotatable bonds is 2. The maximum absolute atomic E-state index is 10.7. The Hall–Kier alpha value is -1.12. The summed E-state index contributed by atoms with van der Waals surface area (Å²) in [6, 6.07) is 15.7. The predicted octanol–water partition coefficient (Wildman–Crippen LogP) is 4.01. The summed E-state index contributed by atoms with van der Waals surface area (Å²) < 4.78 is 0.990. The van der Waals surface area contributed by atoms with E-state index in [4.69, 9.17) is 0 Å². The highest BCUT2D eigenvalue weighted by molar-refractivity contribution is 9.10. The van der Waals surface area contributed by atoms with Crippen LogP contribution in [0, 0.1) is 6.92 Å². The zero-order valence-corrected chi connectivity index (χ0v) is 11.5. The van der Waals surface area contributed by atoms with Crippen LogP contribution in [0.5, 0.6) is 0 Å². The Morgan fingerprint density at radius 3 is 2.24 bits per heavy atom. The molecule has 0 aliphatic rings. The fourth-order valence-electron chi connectivity index (χ4n) is 1.95. The molecular weight excluding hydrogens is 276 g/mol. The van der Waals surface area contributed by atoms with Crippen molar-refractivity contribution in [3.8, 4) is 0 Å². The summed E-state index contributed by atoms with van der Waals surface area (Å²) in [5.74, 6) is 0. The second-order valence-corrected chi connectivity index (χ2v) is 5.37. The molecule has 0 spiro atoms. The summed E-state index contributed by atoms with van der Waals surface area (Å²) >= 11 is 3.47. The molecular formula is C15H15BrO. The highest BCUT2D eigenvalue weighted by Crippen LogP contribution is 2.31. The fraction of sp³-hybridized carbons (Fsp3) is 0.200. The van der Waals surface area contributed by atoms with Crippen molar-refractivity contribution in [2.75, 3.05) is 0 Å². The maximum atomic E-state index is 10.7. The van der Waals surface area contributed by atoms with Gasteiger partial charge in [0.2, 0.25) is 0 Å². The monoisotopic (exact) mass is 290 g/mol. The number of aliphatic hydroxyl groups is 1. The number of benzene rings is 2. The first-order valence-electron chi connectivity index (χ1n) is 5.56. The minimum Gasteiger partial charge on any atom is -0.381 e. The fourth-order valence-corrected chi connectivity index (χ4v) is 2.55. The van der Waals surface area contributed by atoms with Crippen LogP contribution in [0.1, 0.15) is 23.6 Å². The van der Waals surface area contributed by atoms with E-state index in [9.17, 15) is 5.11 Å². The van der Waals surface area contributed by atoms with E-state index >= 15 is 0 Å². The summed E-state index contributed by atoms with van der Waals surface area (Å²) in [6.45, 7) is 3.85. The summed E-state index contributed by atoms with van der Waals surface area (Å²) in [4.78, 5) is 0. The highest BCUT2D eigenvalue weighted by atomic mass is 79.9. The van der Waals surface area contributed by atoms with E-state index in [1.54, 1.807) is 0 Å². The van der Waals surface area contributed by atoms with Crippen LogP contribution < -0.4 is 0 Å². The van der Waals surface area contributed by atoms with Gasteiger partial charge < -0.3 is 5.11 Å². The first-order valence-corrected chi connectivity index (χ1v) is 6.35. The summed E-state index contributed by atoms with van der Waals surface area (Å²) in [6.07, 6.45) is 0. The summed E-state index contributed by atoms with van der Waals surface area (Å²) in [5.41, 5.74) is 1.97. The van der Waals surface area contributed by atoms with Crippen molar-refractivity contribution in [3.05, 3.63) is 69.7 Å². The molecule has 1 atom stereocenters. The smallest absolute Gasteiger partial charge is 0.112 e. The topological polar surface area (TPSA) is 20.2 Å². The quantitative estimate of drug-likeness (QED) is 0.886. The first-order chi connectivity index (χ1) is 8.00. The molecule has 2 aromatic carbocycles. The molecule has 17 heavy (non-hydrogen) atoms. The van der Waals surface area contributed by atoms with Crippen molar-refractivity contribution in [1.82, 2.24) is 0 Å². The third-order valence-corrected chi connectivity index (χ3v) is 3.40. The summed E-state index contributed by atoms with van der Waals surface area (Å²) in [5, 5.41) is 10.7. The minimum absolute atomic E-state index is 0.899. The van der Waals surface area contributed by atoms with Crippen LogP contribution >= 0.6 is 15.9 Å². The van der Waals surface area contributed by atoms with Gasteiger partial charge in [0, 0.05) is 4.47 Å². The van der Waals surface area contributed by atoms with Gasteiger partial charge in [0.1, 0.15) is 5.60 Å². The van der Waals surface area contributed by atoms with Gasteiger partial charge in [-0.3, -0.25) is 0 Å². The van der Waals surface area contributed by atoms with Crippen LogP contribution in [0.3, 0.4) is 0 Å². The molecule has 1 N–H and O–H groups in total. The Bertz CT molecular complexity index is 497. The third-order valence-electron chi connectivity index (χ3n) is 2.94. The van der Waals surface area contributed by atoms with Crippen molar-refractivity contribution in [3.63, 3.8) is 0 Å². The molecule has 0 bridgehead atoms. The van der Waals surface area contributed by atoms with Crippen molar-refractivity contribution in [2.45, 2.75) is 19.4 Å². The van der Waals surface area contributed by atoms with E-state index in [0.717, 1.165) is 21.2 Å². The molecule has 0 aliphatic heterocycles. The van der Waals surface area contributed by atoms with E-state index in [-0.39, 0.29) is 0 Å². The molecule has 1 unspecified atom stereocenters. The van der Waals surface area contributed by atoms with Gasteiger partial charge in [-0.15, -0.1) is 0 Å². The molecule has 0 fully saturated rings. The zero-order valence-electron chi connectivity index (χ0n) is 9.94. The Morgan fingerprint density at radius 1 is 1.00 bits per heavy atom. The van der Waals surface area contributed by atoms with E-state index in [1.807, 2.05) is 62.4 Å². The molecule has 1 nitrogen and oxygen atoms in total. The molecule has 0 saturated heterocycles. The van der Waals surface area contributed by atoms with Crippen molar-refractivity contribution < 1.29 is 5.11 Å². The third kappa shape index (κ3) is 2.59. The lowest BCUT2D eigenvalue weighted by Gasteiger charge is -2.25. The van der Waals surface area contributed by atoms with Crippen molar-refractivity contribution in [2.24, 2.45) is 0 Å². The molecule has 0 aliphatic carbocycles. The number of hydrogen-bond donors (Lipinski definition) is 1. The minimum atomic E-state index is -0.963. The lowest BCUT2D eigenvalue weighted by atomic mass is 9.87. The standard InChI is InChI=1S/C15H15BrO/c1-11-8-13(10-14(16)9-11)15(2,17)12-6-4-3-5-7-12/h3-10,17H,1-2H3. The van der Waals surface area contributed by atoms with Gasteiger partial charge in [0.25, 0.3) is 0 Å². The van der Waals surface area contributed by atoms with Crippen LogP contribution in [0.4, 0.5) is 0 Å². The van der Waals surface area contributed by atoms with Crippen molar-refractivity contribution >= 4 is 15.9 Å². The molecule has 88 valence electrons. The molecule has 0 saturated carbocycles. The lowest BCUT2D eigenvalue weighted by molar-refractivity contribution is 0.102. The average Bonchev–Trinajstić information content (AvgIpc) is 2.29. The Balaban J connectivity index is 2.51. The predicted molar refractivity (Wildman–Crippen MR) is 74.0 cm³/mol. The molecule has 2 heteroatoms. The van der Waals surface area contributed by atoms with E-state index in [1.165, 1.54) is 0 Å². The number of aryl methyl sites for hydroxylation is 1. The second kappa shape index (κ2) is 4.63. The molecule has 0 aromatic heterocycles. The average molecular weight is 291 g/mol. The van der Waals surface area contributed by atoms with Crippen LogP contribution in [0.15, 0.2) is 53.0 Å². The molecule has 2 rings (SSSR count). The SMILES string of the molecule is Cc1cc(Br)cc(C(C)(O)c2ccccc2)c1. The second-order valence-electron chi connectivity index (χ2n) is 4.46. The largest absolute Gasteiger partial charge is 0.381 e. The summed E-state index contributed by atoms with van der Waals surface area (Å²) in [7, 11) is 0. The normalized spacial score (nSPS) is 14.4. The molecule has 0 amide bonds. The number of hydrogen-bond acceptors (Lipinski definition) is 1. The van der Waals surface area contributed by atoms with Gasteiger partial charge in [0.05, 0.1) is 0 Å².